The summed E-state index contributed by atoms with van der Waals surface area (Å²) in [5.41, 5.74) is 1.55. The number of ether oxygens (including phenoxy) is 1. The van der Waals surface area contributed by atoms with Crippen molar-refractivity contribution in [3.05, 3.63) is 64.1 Å². The van der Waals surface area contributed by atoms with Crippen molar-refractivity contribution < 1.29 is 9.84 Å². The summed E-state index contributed by atoms with van der Waals surface area (Å²) in [6, 6.07) is 9.40. The maximum absolute atomic E-state index is 10.4. The first-order valence-electron chi connectivity index (χ1n) is 8.09. The number of phenolic OH excluding ortho intramolecular Hbond substituents is 1. The maximum Gasteiger partial charge on any atom is 0.206 e. The zero-order valence-electron chi connectivity index (χ0n) is 14.3. The van der Waals surface area contributed by atoms with Crippen LogP contribution in [0.5, 0.6) is 11.5 Å². The fourth-order valence-corrected chi connectivity index (χ4v) is 3.93. The minimum absolute atomic E-state index is 0.0798. The Labute approximate surface area is 159 Å². The molecule has 134 valence electrons. The monoisotopic (exact) mass is 385 g/mol. The van der Waals surface area contributed by atoms with Crippen LogP contribution >= 0.6 is 22.7 Å². The average Bonchev–Trinajstić information content (AvgIpc) is 3.30. The van der Waals surface area contributed by atoms with E-state index in [1.807, 2.05) is 35.9 Å². The molecule has 0 bridgehead atoms. The van der Waals surface area contributed by atoms with Crippen molar-refractivity contribution in [2.24, 2.45) is 10.1 Å². The van der Waals surface area contributed by atoms with Crippen LogP contribution in [-0.2, 0) is 0 Å². The van der Waals surface area contributed by atoms with E-state index in [9.17, 15) is 5.11 Å². The predicted molar refractivity (Wildman–Crippen MR) is 109 cm³/mol. The number of para-hydroxylation sites is 1. The van der Waals surface area contributed by atoms with Crippen molar-refractivity contribution >= 4 is 28.9 Å². The normalized spacial score (nSPS) is 12.0. The summed E-state index contributed by atoms with van der Waals surface area (Å²) in [6.07, 6.45) is 3.37. The van der Waals surface area contributed by atoms with Crippen LogP contribution in [0.1, 0.15) is 12.5 Å². The third kappa shape index (κ3) is 3.95. The number of aromatic nitrogens is 1. The van der Waals surface area contributed by atoms with E-state index in [1.54, 1.807) is 40.4 Å². The second-order valence-corrected chi connectivity index (χ2v) is 6.98. The Morgan fingerprint density at radius 1 is 1.27 bits per heavy atom. The van der Waals surface area contributed by atoms with Crippen molar-refractivity contribution in [1.29, 1.82) is 0 Å². The molecule has 0 saturated heterocycles. The molecule has 0 atom stereocenters. The van der Waals surface area contributed by atoms with Crippen molar-refractivity contribution in [2.45, 2.75) is 6.92 Å². The molecule has 0 unspecified atom stereocenters. The summed E-state index contributed by atoms with van der Waals surface area (Å²) in [5, 5.41) is 19.0. The van der Waals surface area contributed by atoms with Gasteiger partial charge >= 0.3 is 0 Å². The lowest BCUT2D eigenvalue weighted by Crippen LogP contribution is -2.12. The van der Waals surface area contributed by atoms with Gasteiger partial charge in [0.1, 0.15) is 0 Å². The van der Waals surface area contributed by atoms with E-state index in [0.717, 1.165) is 15.4 Å². The van der Waals surface area contributed by atoms with Gasteiger partial charge in [-0.05, 0) is 30.5 Å². The van der Waals surface area contributed by atoms with Gasteiger partial charge in [0.25, 0.3) is 0 Å². The molecule has 0 aliphatic heterocycles. The van der Waals surface area contributed by atoms with Crippen molar-refractivity contribution in [1.82, 2.24) is 4.68 Å². The highest BCUT2D eigenvalue weighted by molar-refractivity contribution is 7.14. The zero-order chi connectivity index (χ0) is 18.4. The van der Waals surface area contributed by atoms with E-state index >= 15 is 0 Å². The summed E-state index contributed by atoms with van der Waals surface area (Å²) in [6.45, 7) is 6.60. The van der Waals surface area contributed by atoms with Crippen LogP contribution < -0.4 is 9.54 Å². The van der Waals surface area contributed by atoms with Gasteiger partial charge in [-0.15, -0.1) is 29.3 Å². The molecule has 2 aromatic heterocycles. The maximum atomic E-state index is 10.4. The second kappa shape index (κ2) is 8.64. The zero-order valence-corrected chi connectivity index (χ0v) is 16.0. The van der Waals surface area contributed by atoms with Crippen LogP contribution in [0.3, 0.4) is 0 Å². The van der Waals surface area contributed by atoms with Crippen molar-refractivity contribution in [3.63, 3.8) is 0 Å². The SMILES string of the molecule is C=CCN=c1scc(-c2cccs2)n1N=Cc1cccc(OCC)c1O. The number of rotatable bonds is 7. The van der Waals surface area contributed by atoms with E-state index in [2.05, 4.69) is 16.7 Å². The van der Waals surface area contributed by atoms with Crippen LogP contribution in [0.4, 0.5) is 0 Å². The molecule has 2 heterocycles. The minimum atomic E-state index is 0.0798. The lowest BCUT2D eigenvalue weighted by molar-refractivity contribution is 0.318. The number of hydrogen-bond donors (Lipinski definition) is 1. The molecule has 0 saturated carbocycles. The highest BCUT2D eigenvalue weighted by Gasteiger charge is 2.09. The topological polar surface area (TPSA) is 59.1 Å². The number of thiazole rings is 1. The Hall–Kier alpha value is -2.64. The first-order valence-corrected chi connectivity index (χ1v) is 9.85. The number of benzene rings is 1. The summed E-state index contributed by atoms with van der Waals surface area (Å²) in [5.74, 6) is 0.526. The van der Waals surface area contributed by atoms with Gasteiger partial charge < -0.3 is 9.84 Å². The van der Waals surface area contributed by atoms with E-state index in [1.165, 1.54) is 11.3 Å². The minimum Gasteiger partial charge on any atom is -0.504 e. The number of hydrogen-bond acceptors (Lipinski definition) is 6. The van der Waals surface area contributed by atoms with Gasteiger partial charge in [-0.1, -0.05) is 18.2 Å². The van der Waals surface area contributed by atoms with Crippen molar-refractivity contribution in [3.8, 4) is 22.1 Å². The number of thiophene rings is 1. The van der Waals surface area contributed by atoms with Gasteiger partial charge in [-0.3, -0.25) is 4.99 Å². The Bertz CT molecular complexity index is 969. The molecule has 3 rings (SSSR count). The molecule has 1 N–H and O–H groups in total. The molecular weight excluding hydrogens is 366 g/mol. The molecule has 0 fully saturated rings. The quantitative estimate of drug-likeness (QED) is 0.485. The van der Waals surface area contributed by atoms with E-state index < -0.39 is 0 Å². The fourth-order valence-electron chi connectivity index (χ4n) is 2.29. The van der Waals surface area contributed by atoms with Gasteiger partial charge in [0.2, 0.25) is 4.80 Å². The lowest BCUT2D eigenvalue weighted by Gasteiger charge is -2.07. The van der Waals surface area contributed by atoms with Gasteiger partial charge in [0.15, 0.2) is 11.5 Å². The molecule has 7 heteroatoms. The van der Waals surface area contributed by atoms with Gasteiger partial charge in [-0.2, -0.15) is 5.10 Å². The Balaban J connectivity index is 2.04. The van der Waals surface area contributed by atoms with Gasteiger partial charge in [-0.25, -0.2) is 4.68 Å². The fraction of sp³-hybridized carbons (Fsp3) is 0.158. The number of nitrogens with zero attached hydrogens (tertiary/aromatic N) is 3. The summed E-state index contributed by atoms with van der Waals surface area (Å²) in [7, 11) is 0. The molecule has 3 aromatic rings. The summed E-state index contributed by atoms with van der Waals surface area (Å²) in [4.78, 5) is 6.38. The largest absolute Gasteiger partial charge is 0.504 e. The molecular formula is C19H19N3O2S2. The standard InChI is InChI=1S/C19H19N3O2S2/c1-3-10-20-19-22(15(13-26-19)17-9-6-11-25-17)21-12-14-7-5-8-16(18(14)23)24-4-2/h3,5-9,11-13,23H,1,4,10H2,2H3. The molecule has 0 spiro atoms. The Morgan fingerprint density at radius 3 is 2.88 bits per heavy atom. The Morgan fingerprint density at radius 2 is 2.15 bits per heavy atom. The van der Waals surface area contributed by atoms with E-state index in [-0.39, 0.29) is 5.75 Å². The summed E-state index contributed by atoms with van der Waals surface area (Å²) >= 11 is 3.16. The molecule has 0 aliphatic rings. The first-order chi connectivity index (χ1) is 12.7. The van der Waals surface area contributed by atoms with E-state index in [0.29, 0.717) is 24.5 Å². The molecule has 0 amide bonds. The molecule has 0 radical (unpaired) electrons. The Kier molecular flexibility index (Phi) is 6.04. The van der Waals surface area contributed by atoms with Crippen LogP contribution in [0.2, 0.25) is 0 Å². The van der Waals surface area contributed by atoms with E-state index in [4.69, 9.17) is 4.74 Å². The third-order valence-corrected chi connectivity index (χ3v) is 5.20. The third-order valence-electron chi connectivity index (χ3n) is 3.46. The molecule has 5 nitrogen and oxygen atoms in total. The first kappa shape index (κ1) is 18.2. The highest BCUT2D eigenvalue weighted by atomic mass is 32.1. The van der Waals surface area contributed by atoms with Crippen LogP contribution in [0, 0.1) is 0 Å². The number of aromatic hydroxyl groups is 1. The van der Waals surface area contributed by atoms with Crippen LogP contribution in [-0.4, -0.2) is 29.1 Å². The lowest BCUT2D eigenvalue weighted by atomic mass is 10.2. The molecule has 26 heavy (non-hydrogen) atoms. The highest BCUT2D eigenvalue weighted by Crippen LogP contribution is 2.29. The van der Waals surface area contributed by atoms with Gasteiger partial charge in [0.05, 0.1) is 29.9 Å². The second-order valence-electron chi connectivity index (χ2n) is 5.19. The average molecular weight is 386 g/mol. The van der Waals surface area contributed by atoms with Crippen molar-refractivity contribution in [2.75, 3.05) is 13.2 Å². The smallest absolute Gasteiger partial charge is 0.206 e. The number of phenols is 1. The molecule has 1 aromatic carbocycles. The van der Waals surface area contributed by atoms with Crippen LogP contribution in [0.15, 0.2) is 63.8 Å². The molecule has 0 aliphatic carbocycles. The predicted octanol–water partition coefficient (Wildman–Crippen LogP) is 4.35. The summed E-state index contributed by atoms with van der Waals surface area (Å²) < 4.78 is 7.21. The van der Waals surface area contributed by atoms with Crippen LogP contribution in [0.25, 0.3) is 10.6 Å². The van der Waals surface area contributed by atoms with Gasteiger partial charge in [0, 0.05) is 10.9 Å².